The first-order valence-electron chi connectivity index (χ1n) is 5.03. The van der Waals surface area contributed by atoms with Crippen LogP contribution in [0.5, 0.6) is 0 Å². The zero-order chi connectivity index (χ0) is 10.6. The van der Waals surface area contributed by atoms with Crippen molar-refractivity contribution in [3.05, 3.63) is 12.2 Å². The van der Waals surface area contributed by atoms with Crippen LogP contribution in [0.25, 0.3) is 0 Å². The Morgan fingerprint density at radius 3 is 2.71 bits per heavy atom. The second kappa shape index (κ2) is 4.94. The largest absolute Gasteiger partial charge is 0.234 e. The Hall–Kier alpha value is -0.350. The minimum atomic E-state index is -2.11. The highest BCUT2D eigenvalue weighted by Gasteiger charge is 2.11. The fourth-order valence-corrected chi connectivity index (χ4v) is 2.10. The molecule has 0 amide bonds. The highest BCUT2D eigenvalue weighted by molar-refractivity contribution is 7.90. The normalized spacial score (nSPS) is 26.1. The molecule has 0 saturated carbocycles. The summed E-state index contributed by atoms with van der Waals surface area (Å²) in [5.41, 5.74) is 0. The van der Waals surface area contributed by atoms with Gasteiger partial charge in [-0.15, -0.1) is 0 Å². The molecule has 0 radical (unpaired) electrons. The highest BCUT2D eigenvalue weighted by Crippen LogP contribution is 2.18. The Morgan fingerprint density at radius 1 is 1.50 bits per heavy atom. The van der Waals surface area contributed by atoms with E-state index < -0.39 is 9.92 Å². The minimum Gasteiger partial charge on any atom is -0.234 e. The molecule has 0 saturated heterocycles. The molecule has 4 heteroatoms. The Morgan fingerprint density at radius 2 is 2.21 bits per heavy atom. The summed E-state index contributed by atoms with van der Waals surface area (Å²) in [6, 6.07) is 0. The molecular weight excluding hydrogens is 196 g/mol. The molecule has 0 aromatic rings. The minimum absolute atomic E-state index is 0.598. The van der Waals surface area contributed by atoms with Gasteiger partial charge in [-0.05, 0) is 25.2 Å². The monoisotopic (exact) mass is 216 g/mol. The highest BCUT2D eigenvalue weighted by atomic mass is 32.2. The van der Waals surface area contributed by atoms with Gasteiger partial charge in [0.05, 0.1) is 6.54 Å². The predicted octanol–water partition coefficient (Wildman–Crippen LogP) is 1.92. The lowest BCUT2D eigenvalue weighted by molar-refractivity contribution is 0.490. The summed E-state index contributed by atoms with van der Waals surface area (Å²) < 4.78 is 17.9. The number of hydrogen-bond acceptors (Lipinski definition) is 2. The molecule has 0 aromatic heterocycles. The van der Waals surface area contributed by atoms with Gasteiger partial charge in [0.15, 0.2) is 0 Å². The molecule has 82 valence electrons. The number of allylic oxidation sites excluding steroid dienone is 2. The van der Waals surface area contributed by atoms with Crippen LogP contribution in [0.15, 0.2) is 16.5 Å². The molecule has 0 aliphatic heterocycles. The molecule has 2 atom stereocenters. The zero-order valence-corrected chi connectivity index (χ0v) is 10.1. The van der Waals surface area contributed by atoms with Crippen molar-refractivity contribution in [1.82, 2.24) is 4.31 Å². The molecular formula is C10H20N2OS. The van der Waals surface area contributed by atoms with E-state index in [0.29, 0.717) is 5.92 Å². The maximum absolute atomic E-state index is 11.9. The van der Waals surface area contributed by atoms with Crippen LogP contribution in [0.3, 0.4) is 0 Å². The maximum atomic E-state index is 11.9. The summed E-state index contributed by atoms with van der Waals surface area (Å²) >= 11 is 0. The molecule has 2 unspecified atom stereocenters. The number of nitrogens with zero attached hydrogens (tertiary/aromatic N) is 2. The predicted molar refractivity (Wildman–Crippen MR) is 61.5 cm³/mol. The first kappa shape index (κ1) is 11.7. The molecule has 1 rings (SSSR count). The van der Waals surface area contributed by atoms with E-state index in [1.165, 1.54) is 6.42 Å². The van der Waals surface area contributed by atoms with Gasteiger partial charge in [0.25, 0.3) is 0 Å². The van der Waals surface area contributed by atoms with Crippen molar-refractivity contribution >= 4 is 9.92 Å². The first-order valence-corrected chi connectivity index (χ1v) is 6.91. The Kier molecular flexibility index (Phi) is 4.13. The van der Waals surface area contributed by atoms with Crippen LogP contribution in [0, 0.1) is 5.92 Å². The van der Waals surface area contributed by atoms with Crippen LogP contribution in [-0.2, 0) is 9.92 Å². The van der Waals surface area contributed by atoms with Gasteiger partial charge in [0, 0.05) is 20.4 Å². The molecule has 0 N–H and O–H groups in total. The summed E-state index contributed by atoms with van der Waals surface area (Å²) in [5.74, 6) is 0.598. The van der Waals surface area contributed by atoms with E-state index in [0.717, 1.165) is 19.4 Å². The van der Waals surface area contributed by atoms with Gasteiger partial charge in [0.2, 0.25) is 0 Å². The molecule has 3 nitrogen and oxygen atoms in total. The average molecular weight is 216 g/mol. The standard InChI is InChI=1S/C10H20N2OS/c1-12(2)14(3,13)11-9-10-7-5-4-6-8-10/h4-5,10H,6-9H2,1-3H3. The van der Waals surface area contributed by atoms with E-state index >= 15 is 0 Å². The fourth-order valence-electron chi connectivity index (χ4n) is 1.38. The SMILES string of the molecule is CN(C)S(C)(=O)=NCC1CC=CCC1. The van der Waals surface area contributed by atoms with E-state index in [1.54, 1.807) is 10.6 Å². The van der Waals surface area contributed by atoms with Crippen LogP contribution < -0.4 is 0 Å². The van der Waals surface area contributed by atoms with Crippen molar-refractivity contribution in [2.75, 3.05) is 26.9 Å². The molecule has 0 spiro atoms. The summed E-state index contributed by atoms with van der Waals surface area (Å²) in [5, 5.41) is 0. The van der Waals surface area contributed by atoms with Crippen molar-refractivity contribution in [3.8, 4) is 0 Å². The Labute approximate surface area is 87.5 Å². The lowest BCUT2D eigenvalue weighted by atomic mass is 9.95. The van der Waals surface area contributed by atoms with Crippen LogP contribution in [0.2, 0.25) is 0 Å². The molecule has 1 aliphatic rings. The molecule has 0 aromatic carbocycles. The second-order valence-corrected chi connectivity index (χ2v) is 6.55. The summed E-state index contributed by atoms with van der Waals surface area (Å²) in [6.07, 6.45) is 9.54. The zero-order valence-electron chi connectivity index (χ0n) is 9.27. The van der Waals surface area contributed by atoms with Gasteiger partial charge in [0.1, 0.15) is 9.92 Å². The van der Waals surface area contributed by atoms with Gasteiger partial charge in [-0.1, -0.05) is 12.2 Å². The van der Waals surface area contributed by atoms with Gasteiger partial charge in [-0.25, -0.2) is 12.9 Å². The summed E-state index contributed by atoms with van der Waals surface area (Å²) in [7, 11) is 1.51. The van der Waals surface area contributed by atoms with E-state index in [-0.39, 0.29) is 0 Å². The van der Waals surface area contributed by atoms with Gasteiger partial charge >= 0.3 is 0 Å². The Balaban J connectivity index is 2.53. The molecule has 0 bridgehead atoms. The number of hydrogen-bond donors (Lipinski definition) is 0. The third-order valence-corrected chi connectivity index (χ3v) is 4.61. The third-order valence-electron chi connectivity index (χ3n) is 2.63. The van der Waals surface area contributed by atoms with Crippen molar-refractivity contribution in [1.29, 1.82) is 0 Å². The average Bonchev–Trinajstić information content (AvgIpc) is 2.16. The van der Waals surface area contributed by atoms with Gasteiger partial charge in [-0.2, -0.15) is 0 Å². The molecule has 0 fully saturated rings. The first-order chi connectivity index (χ1) is 6.52. The van der Waals surface area contributed by atoms with E-state index in [1.807, 2.05) is 14.1 Å². The fraction of sp³-hybridized carbons (Fsp3) is 0.800. The molecule has 0 heterocycles. The van der Waals surface area contributed by atoms with E-state index in [4.69, 9.17) is 0 Å². The lowest BCUT2D eigenvalue weighted by Gasteiger charge is -2.17. The second-order valence-electron chi connectivity index (χ2n) is 4.04. The van der Waals surface area contributed by atoms with Crippen LogP contribution in [0.4, 0.5) is 0 Å². The Bertz CT molecular complexity index is 314. The van der Waals surface area contributed by atoms with Crippen molar-refractivity contribution < 1.29 is 4.21 Å². The van der Waals surface area contributed by atoms with Gasteiger partial charge < -0.3 is 0 Å². The smallest absolute Gasteiger partial charge is 0.106 e. The van der Waals surface area contributed by atoms with Crippen LogP contribution in [-0.4, -0.2) is 35.4 Å². The molecule has 1 aliphatic carbocycles. The topological polar surface area (TPSA) is 32.7 Å². The van der Waals surface area contributed by atoms with Crippen molar-refractivity contribution in [3.63, 3.8) is 0 Å². The maximum Gasteiger partial charge on any atom is 0.106 e. The van der Waals surface area contributed by atoms with E-state index in [9.17, 15) is 4.21 Å². The van der Waals surface area contributed by atoms with Crippen molar-refractivity contribution in [2.45, 2.75) is 19.3 Å². The summed E-state index contributed by atoms with van der Waals surface area (Å²) in [6.45, 7) is 0.734. The third kappa shape index (κ3) is 3.42. The number of rotatable bonds is 3. The summed E-state index contributed by atoms with van der Waals surface area (Å²) in [4.78, 5) is 0. The van der Waals surface area contributed by atoms with E-state index in [2.05, 4.69) is 16.5 Å². The van der Waals surface area contributed by atoms with Gasteiger partial charge in [-0.3, -0.25) is 0 Å². The molecule has 14 heavy (non-hydrogen) atoms. The lowest BCUT2D eigenvalue weighted by Crippen LogP contribution is -2.21. The van der Waals surface area contributed by atoms with Crippen LogP contribution in [0.1, 0.15) is 19.3 Å². The quantitative estimate of drug-likeness (QED) is 0.663. The van der Waals surface area contributed by atoms with Crippen LogP contribution >= 0.6 is 0 Å². The van der Waals surface area contributed by atoms with Crippen molar-refractivity contribution in [2.24, 2.45) is 10.3 Å².